The van der Waals surface area contributed by atoms with Gasteiger partial charge in [-0.1, -0.05) is 30.3 Å². The predicted molar refractivity (Wildman–Crippen MR) is 94.0 cm³/mol. The van der Waals surface area contributed by atoms with Crippen molar-refractivity contribution in [2.24, 2.45) is 0 Å². The molecular formula is C19H22N2O4. The second kappa shape index (κ2) is 6.93. The van der Waals surface area contributed by atoms with Crippen LogP contribution in [0.25, 0.3) is 0 Å². The summed E-state index contributed by atoms with van der Waals surface area (Å²) in [6.07, 6.45) is 0. The molecule has 25 heavy (non-hydrogen) atoms. The van der Waals surface area contributed by atoms with Crippen molar-refractivity contribution in [1.82, 2.24) is 10.3 Å². The van der Waals surface area contributed by atoms with Crippen molar-refractivity contribution in [1.29, 1.82) is 0 Å². The zero-order valence-corrected chi connectivity index (χ0v) is 14.8. The quantitative estimate of drug-likeness (QED) is 0.703. The second-order valence-electron chi connectivity index (χ2n) is 6.37. The predicted octanol–water partition coefficient (Wildman–Crippen LogP) is 2.61. The number of amides is 1. The van der Waals surface area contributed by atoms with Crippen molar-refractivity contribution in [3.05, 3.63) is 58.4 Å². The topological polar surface area (TPSA) is 99.3 Å². The Hall–Kier alpha value is -2.89. The van der Waals surface area contributed by atoms with Crippen LogP contribution in [0.4, 0.5) is 0 Å². The van der Waals surface area contributed by atoms with Crippen molar-refractivity contribution in [3.63, 3.8) is 0 Å². The van der Waals surface area contributed by atoms with Gasteiger partial charge in [0.1, 0.15) is 11.1 Å². The molecule has 1 heterocycles. The molecule has 0 aliphatic rings. The summed E-state index contributed by atoms with van der Waals surface area (Å²) < 4.78 is 0. The van der Waals surface area contributed by atoms with E-state index in [1.165, 1.54) is 6.92 Å². The van der Waals surface area contributed by atoms with Crippen LogP contribution >= 0.6 is 0 Å². The van der Waals surface area contributed by atoms with E-state index in [2.05, 4.69) is 10.3 Å². The molecule has 6 nitrogen and oxygen atoms in total. The van der Waals surface area contributed by atoms with E-state index in [0.717, 1.165) is 0 Å². The molecule has 0 fully saturated rings. The summed E-state index contributed by atoms with van der Waals surface area (Å²) in [6.45, 7) is 6.37. The Bertz CT molecular complexity index is 823. The average molecular weight is 342 g/mol. The third kappa shape index (κ3) is 3.47. The summed E-state index contributed by atoms with van der Waals surface area (Å²) in [5.41, 5.74) is 1.32. The Labute approximate surface area is 146 Å². The van der Waals surface area contributed by atoms with Gasteiger partial charge in [-0.05, 0) is 38.8 Å². The lowest BCUT2D eigenvalue weighted by atomic mass is 9.82. The fourth-order valence-corrected chi connectivity index (χ4v) is 2.96. The average Bonchev–Trinajstić information content (AvgIpc) is 2.87. The summed E-state index contributed by atoms with van der Waals surface area (Å²) >= 11 is 0. The molecule has 0 aliphatic carbocycles. The first-order chi connectivity index (χ1) is 11.7. The lowest BCUT2D eigenvalue weighted by molar-refractivity contribution is -0.142. The highest BCUT2D eigenvalue weighted by atomic mass is 16.4. The molecule has 1 aromatic heterocycles. The number of rotatable bonds is 6. The Morgan fingerprint density at radius 2 is 1.76 bits per heavy atom. The van der Waals surface area contributed by atoms with Gasteiger partial charge in [0.05, 0.1) is 0 Å². The standard InChI is InChI=1S/C19H22N2O4/c1-11-15(13(3)22)12(2)21-16(11)17(23)20-10-19(4,18(24)25)14-8-6-5-7-9-14/h5-9,21H,10H2,1-4H3,(H,20,23)(H,24,25). The molecule has 0 spiro atoms. The minimum absolute atomic E-state index is 0.0713. The first-order valence-corrected chi connectivity index (χ1v) is 7.95. The van der Waals surface area contributed by atoms with E-state index in [1.807, 2.05) is 0 Å². The van der Waals surface area contributed by atoms with Gasteiger partial charge in [0.2, 0.25) is 0 Å². The van der Waals surface area contributed by atoms with Gasteiger partial charge in [-0.3, -0.25) is 14.4 Å². The number of aromatic nitrogens is 1. The molecule has 132 valence electrons. The molecular weight excluding hydrogens is 320 g/mol. The minimum atomic E-state index is -1.25. The van der Waals surface area contributed by atoms with Gasteiger partial charge in [0.25, 0.3) is 5.91 Å². The lowest BCUT2D eigenvalue weighted by Crippen LogP contribution is -2.44. The van der Waals surface area contributed by atoms with Crippen molar-refractivity contribution in [2.45, 2.75) is 33.1 Å². The highest BCUT2D eigenvalue weighted by molar-refractivity contribution is 6.02. The highest BCUT2D eigenvalue weighted by Gasteiger charge is 2.36. The fraction of sp³-hybridized carbons (Fsp3) is 0.316. The maximum Gasteiger partial charge on any atom is 0.315 e. The van der Waals surface area contributed by atoms with Crippen molar-refractivity contribution >= 4 is 17.7 Å². The van der Waals surface area contributed by atoms with Crippen LogP contribution in [0.15, 0.2) is 30.3 Å². The van der Waals surface area contributed by atoms with Crippen molar-refractivity contribution in [3.8, 4) is 0 Å². The Balaban J connectivity index is 2.25. The number of Topliss-reactive ketones (excluding diaryl/α,β-unsaturated/α-hetero) is 1. The summed E-state index contributed by atoms with van der Waals surface area (Å²) in [4.78, 5) is 38.9. The molecule has 1 aromatic carbocycles. The van der Waals surface area contributed by atoms with Gasteiger partial charge in [-0.15, -0.1) is 0 Å². The van der Waals surface area contributed by atoms with Gasteiger partial charge in [0.15, 0.2) is 5.78 Å². The van der Waals surface area contributed by atoms with Crippen LogP contribution in [0.2, 0.25) is 0 Å². The van der Waals surface area contributed by atoms with E-state index < -0.39 is 17.3 Å². The zero-order valence-electron chi connectivity index (χ0n) is 14.8. The normalized spacial score (nSPS) is 13.1. The molecule has 0 saturated heterocycles. The second-order valence-corrected chi connectivity index (χ2v) is 6.37. The Kier molecular flexibility index (Phi) is 5.11. The largest absolute Gasteiger partial charge is 0.481 e. The maximum absolute atomic E-state index is 12.5. The van der Waals surface area contributed by atoms with E-state index >= 15 is 0 Å². The molecule has 1 unspecified atom stereocenters. The summed E-state index contributed by atoms with van der Waals surface area (Å²) in [5, 5.41) is 12.3. The fourth-order valence-electron chi connectivity index (χ4n) is 2.96. The van der Waals surface area contributed by atoms with E-state index in [-0.39, 0.29) is 18.0 Å². The Morgan fingerprint density at radius 1 is 1.16 bits per heavy atom. The van der Waals surface area contributed by atoms with Gasteiger partial charge in [-0.2, -0.15) is 0 Å². The molecule has 0 saturated carbocycles. The smallest absolute Gasteiger partial charge is 0.315 e. The highest BCUT2D eigenvalue weighted by Crippen LogP contribution is 2.24. The number of aliphatic carboxylic acids is 1. The lowest BCUT2D eigenvalue weighted by Gasteiger charge is -2.25. The molecule has 1 amide bonds. The van der Waals surface area contributed by atoms with Gasteiger partial charge in [0, 0.05) is 17.8 Å². The number of carboxylic acids is 1. The summed E-state index contributed by atoms with van der Waals surface area (Å²) in [6, 6.07) is 8.76. The number of benzene rings is 1. The number of hydrogen-bond acceptors (Lipinski definition) is 3. The number of carbonyl (C=O) groups is 3. The van der Waals surface area contributed by atoms with Crippen LogP contribution in [0.1, 0.15) is 51.5 Å². The number of nitrogens with one attached hydrogen (secondary N) is 2. The molecule has 6 heteroatoms. The third-order valence-corrected chi connectivity index (χ3v) is 4.50. The molecule has 0 bridgehead atoms. The van der Waals surface area contributed by atoms with Crippen LogP contribution in [-0.2, 0) is 10.2 Å². The van der Waals surface area contributed by atoms with Gasteiger partial charge >= 0.3 is 5.97 Å². The zero-order chi connectivity index (χ0) is 18.8. The molecule has 2 rings (SSSR count). The van der Waals surface area contributed by atoms with Crippen molar-refractivity contribution in [2.75, 3.05) is 6.54 Å². The van der Waals surface area contributed by atoms with Crippen LogP contribution < -0.4 is 5.32 Å². The van der Waals surface area contributed by atoms with Gasteiger partial charge in [-0.25, -0.2) is 0 Å². The number of H-pyrrole nitrogens is 1. The Morgan fingerprint density at radius 3 is 2.24 bits per heavy atom. The van der Waals surface area contributed by atoms with Crippen LogP contribution in [0, 0.1) is 13.8 Å². The van der Waals surface area contributed by atoms with E-state index in [1.54, 1.807) is 51.1 Å². The first kappa shape index (κ1) is 18.4. The number of hydrogen-bond donors (Lipinski definition) is 3. The minimum Gasteiger partial charge on any atom is -0.481 e. The van der Waals surface area contributed by atoms with E-state index in [9.17, 15) is 19.5 Å². The monoisotopic (exact) mass is 342 g/mol. The number of carbonyl (C=O) groups excluding carboxylic acids is 2. The molecule has 3 N–H and O–H groups in total. The number of carboxylic acid groups (broad SMARTS) is 1. The number of aromatic amines is 1. The number of ketones is 1. The van der Waals surface area contributed by atoms with E-state index in [0.29, 0.717) is 22.4 Å². The SMILES string of the molecule is CC(=O)c1c(C)[nH]c(C(=O)NCC(C)(C(=O)O)c2ccccc2)c1C. The summed E-state index contributed by atoms with van der Waals surface area (Å²) in [7, 11) is 0. The van der Waals surface area contributed by atoms with Gasteiger partial charge < -0.3 is 15.4 Å². The molecule has 2 aromatic rings. The molecule has 1 atom stereocenters. The first-order valence-electron chi connectivity index (χ1n) is 7.95. The van der Waals surface area contributed by atoms with Crippen LogP contribution in [0.3, 0.4) is 0 Å². The van der Waals surface area contributed by atoms with Crippen molar-refractivity contribution < 1.29 is 19.5 Å². The molecule has 0 aliphatic heterocycles. The van der Waals surface area contributed by atoms with E-state index in [4.69, 9.17) is 0 Å². The third-order valence-electron chi connectivity index (χ3n) is 4.50. The number of aryl methyl sites for hydroxylation is 1. The van der Waals surface area contributed by atoms with Crippen LogP contribution in [-0.4, -0.2) is 34.3 Å². The summed E-state index contributed by atoms with van der Waals surface area (Å²) in [5.74, 6) is -1.58. The van der Waals surface area contributed by atoms with Crippen LogP contribution in [0.5, 0.6) is 0 Å². The maximum atomic E-state index is 12.5. The molecule has 0 radical (unpaired) electrons.